The normalized spacial score (nSPS) is 11.1. The van der Waals surface area contributed by atoms with E-state index in [0.29, 0.717) is 22.2 Å². The highest BCUT2D eigenvalue weighted by Crippen LogP contribution is 2.11. The van der Waals surface area contributed by atoms with Crippen molar-refractivity contribution in [2.75, 3.05) is 11.1 Å². The molecule has 0 unspecified atom stereocenters. The van der Waals surface area contributed by atoms with Crippen molar-refractivity contribution in [3.63, 3.8) is 0 Å². The topological polar surface area (TPSA) is 109 Å². The minimum absolute atomic E-state index is 0.410. The van der Waals surface area contributed by atoms with Gasteiger partial charge in [-0.05, 0) is 26.0 Å². The Hall–Kier alpha value is -2.74. The first-order chi connectivity index (χ1) is 10.5. The third-order valence-corrected chi connectivity index (χ3v) is 3.41. The molecule has 0 aliphatic rings. The minimum atomic E-state index is -0.858. The number of rotatable bonds is 3. The lowest BCUT2D eigenvalue weighted by Gasteiger charge is -2.04. The van der Waals surface area contributed by atoms with Crippen LogP contribution in [0.25, 0.3) is 0 Å². The highest BCUT2D eigenvalue weighted by atomic mass is 32.1. The molecule has 1 aromatic heterocycles. The molecule has 8 heteroatoms. The number of aromatic nitrogens is 1. The van der Waals surface area contributed by atoms with Crippen molar-refractivity contribution in [1.29, 1.82) is 0 Å². The molecule has 0 spiro atoms. The Morgan fingerprint density at radius 2 is 1.91 bits per heavy atom. The van der Waals surface area contributed by atoms with Gasteiger partial charge in [-0.15, -0.1) is 11.3 Å². The average molecular weight is 317 g/mol. The Balaban J connectivity index is 1.94. The molecule has 0 bridgehead atoms. The van der Waals surface area contributed by atoms with E-state index in [9.17, 15) is 9.59 Å². The van der Waals surface area contributed by atoms with Gasteiger partial charge in [0.2, 0.25) is 0 Å². The lowest BCUT2D eigenvalue weighted by atomic mass is 10.2. The van der Waals surface area contributed by atoms with Crippen molar-refractivity contribution in [2.45, 2.75) is 13.8 Å². The second-order valence-corrected chi connectivity index (χ2v) is 5.42. The second kappa shape index (κ2) is 6.81. The summed E-state index contributed by atoms with van der Waals surface area (Å²) < 4.78 is 0. The summed E-state index contributed by atoms with van der Waals surface area (Å²) in [4.78, 5) is 27.4. The summed E-state index contributed by atoms with van der Waals surface area (Å²) in [5.41, 5.74) is 10.3. The third-order valence-electron chi connectivity index (χ3n) is 2.73. The van der Waals surface area contributed by atoms with E-state index >= 15 is 0 Å². The van der Waals surface area contributed by atoms with Crippen LogP contribution in [0, 0.1) is 6.92 Å². The van der Waals surface area contributed by atoms with E-state index in [1.807, 2.05) is 19.1 Å². The summed E-state index contributed by atoms with van der Waals surface area (Å²) >= 11 is 1.27. The zero-order chi connectivity index (χ0) is 16.1. The number of thiazole rings is 1. The lowest BCUT2D eigenvalue weighted by molar-refractivity contribution is -0.136. The first kappa shape index (κ1) is 15.6. The molecule has 7 nitrogen and oxygen atoms in total. The summed E-state index contributed by atoms with van der Waals surface area (Å²) in [5.74, 6) is -1.65. The van der Waals surface area contributed by atoms with Crippen LogP contribution in [-0.4, -0.2) is 22.5 Å². The monoisotopic (exact) mass is 317 g/mol. The Bertz CT molecular complexity index is 721. The Labute approximate surface area is 131 Å². The number of hydrazone groups is 1. The second-order valence-electron chi connectivity index (χ2n) is 4.53. The van der Waals surface area contributed by atoms with E-state index in [0.717, 1.165) is 5.56 Å². The molecule has 0 saturated heterocycles. The maximum Gasteiger partial charge on any atom is 0.329 e. The summed E-state index contributed by atoms with van der Waals surface area (Å²) in [6.45, 7) is 3.59. The van der Waals surface area contributed by atoms with E-state index in [2.05, 4.69) is 20.8 Å². The standard InChI is InChI=1S/C14H15N5O2S/c1-8-3-5-10(6-4-8)16-12(20)13(21)19-18-9(2)11-7-22-14(15)17-11/h3-7H,1-2H3,(H2,15,17)(H,16,20)(H,19,21)/b18-9+. The molecule has 0 saturated carbocycles. The molecule has 114 valence electrons. The molecule has 1 aromatic carbocycles. The van der Waals surface area contributed by atoms with Crippen LogP contribution < -0.4 is 16.5 Å². The number of carbonyl (C=O) groups is 2. The van der Waals surface area contributed by atoms with Crippen LogP contribution in [-0.2, 0) is 9.59 Å². The van der Waals surface area contributed by atoms with Gasteiger partial charge >= 0.3 is 11.8 Å². The molecule has 22 heavy (non-hydrogen) atoms. The molecule has 0 aliphatic heterocycles. The van der Waals surface area contributed by atoms with Crippen molar-refractivity contribution in [1.82, 2.24) is 10.4 Å². The van der Waals surface area contributed by atoms with Gasteiger partial charge in [-0.2, -0.15) is 5.10 Å². The minimum Gasteiger partial charge on any atom is -0.375 e. The number of carbonyl (C=O) groups excluding carboxylic acids is 2. The molecule has 0 atom stereocenters. The predicted octanol–water partition coefficient (Wildman–Crippen LogP) is 1.51. The van der Waals surface area contributed by atoms with Gasteiger partial charge in [0, 0.05) is 11.1 Å². The van der Waals surface area contributed by atoms with Gasteiger partial charge in [-0.25, -0.2) is 10.4 Å². The summed E-state index contributed by atoms with van der Waals surface area (Å²) in [6.07, 6.45) is 0. The number of hydrogen-bond acceptors (Lipinski definition) is 6. The van der Waals surface area contributed by atoms with E-state index in [-0.39, 0.29) is 0 Å². The van der Waals surface area contributed by atoms with Crippen LogP contribution >= 0.6 is 11.3 Å². The predicted molar refractivity (Wildman–Crippen MR) is 86.7 cm³/mol. The molecule has 4 N–H and O–H groups in total. The number of nitrogen functional groups attached to an aromatic ring is 1. The van der Waals surface area contributed by atoms with Gasteiger partial charge in [-0.3, -0.25) is 9.59 Å². The smallest absolute Gasteiger partial charge is 0.329 e. The van der Waals surface area contributed by atoms with Crippen molar-refractivity contribution >= 4 is 39.7 Å². The van der Waals surface area contributed by atoms with Gasteiger partial charge in [0.1, 0.15) is 0 Å². The van der Waals surface area contributed by atoms with Gasteiger partial charge in [0.25, 0.3) is 0 Å². The Kier molecular flexibility index (Phi) is 4.84. The Morgan fingerprint density at radius 1 is 1.23 bits per heavy atom. The molecular weight excluding hydrogens is 302 g/mol. The number of benzene rings is 1. The van der Waals surface area contributed by atoms with Gasteiger partial charge in [0.05, 0.1) is 11.4 Å². The lowest BCUT2D eigenvalue weighted by Crippen LogP contribution is -2.32. The van der Waals surface area contributed by atoms with Gasteiger partial charge < -0.3 is 11.1 Å². The number of nitrogens with two attached hydrogens (primary N) is 1. The van der Waals surface area contributed by atoms with Gasteiger partial charge in [0.15, 0.2) is 5.13 Å². The first-order valence-electron chi connectivity index (χ1n) is 6.39. The SMILES string of the molecule is C/C(=N\NC(=O)C(=O)Nc1ccc(C)cc1)c1csc(N)n1. The first-order valence-corrected chi connectivity index (χ1v) is 7.27. The zero-order valence-electron chi connectivity index (χ0n) is 12.1. The van der Waals surface area contributed by atoms with Crippen molar-refractivity contribution in [3.8, 4) is 0 Å². The fourth-order valence-corrected chi connectivity index (χ4v) is 2.13. The number of aryl methyl sites for hydroxylation is 1. The van der Waals surface area contributed by atoms with E-state index < -0.39 is 11.8 Å². The molecular formula is C14H15N5O2S. The van der Waals surface area contributed by atoms with Crippen molar-refractivity contribution in [2.24, 2.45) is 5.10 Å². The molecule has 1 heterocycles. The molecule has 2 rings (SSSR count). The van der Waals surface area contributed by atoms with Crippen LogP contribution in [0.5, 0.6) is 0 Å². The fourth-order valence-electron chi connectivity index (χ4n) is 1.52. The molecule has 2 amide bonds. The summed E-state index contributed by atoms with van der Waals surface area (Å²) in [5, 5.41) is 8.44. The maximum atomic E-state index is 11.7. The number of nitrogens with zero attached hydrogens (tertiary/aromatic N) is 2. The van der Waals surface area contributed by atoms with Crippen LogP contribution in [0.15, 0.2) is 34.7 Å². The van der Waals surface area contributed by atoms with Crippen molar-refractivity contribution < 1.29 is 9.59 Å². The quantitative estimate of drug-likeness (QED) is 0.453. The molecule has 2 aromatic rings. The Morgan fingerprint density at radius 3 is 2.50 bits per heavy atom. The zero-order valence-corrected chi connectivity index (χ0v) is 12.9. The average Bonchev–Trinajstić information content (AvgIpc) is 2.93. The number of hydrogen-bond donors (Lipinski definition) is 3. The van der Waals surface area contributed by atoms with Crippen LogP contribution in [0.1, 0.15) is 18.2 Å². The van der Waals surface area contributed by atoms with E-state index in [4.69, 9.17) is 5.73 Å². The number of nitrogens with one attached hydrogen (secondary N) is 2. The van der Waals surface area contributed by atoms with Crippen LogP contribution in [0.2, 0.25) is 0 Å². The number of amides is 2. The van der Waals surface area contributed by atoms with Crippen molar-refractivity contribution in [3.05, 3.63) is 40.9 Å². The molecule has 0 aliphatic carbocycles. The van der Waals surface area contributed by atoms with Crippen LogP contribution in [0.3, 0.4) is 0 Å². The highest BCUT2D eigenvalue weighted by Gasteiger charge is 2.13. The van der Waals surface area contributed by atoms with Crippen LogP contribution in [0.4, 0.5) is 10.8 Å². The highest BCUT2D eigenvalue weighted by molar-refractivity contribution is 7.13. The third kappa shape index (κ3) is 4.13. The molecule has 0 fully saturated rings. The molecule has 0 radical (unpaired) electrons. The fraction of sp³-hybridized carbons (Fsp3) is 0.143. The summed E-state index contributed by atoms with van der Waals surface area (Å²) in [6, 6.07) is 7.10. The van der Waals surface area contributed by atoms with Gasteiger partial charge in [-0.1, -0.05) is 17.7 Å². The maximum absolute atomic E-state index is 11.7. The number of anilines is 2. The van der Waals surface area contributed by atoms with E-state index in [1.54, 1.807) is 24.4 Å². The largest absolute Gasteiger partial charge is 0.375 e. The summed E-state index contributed by atoms with van der Waals surface area (Å²) in [7, 11) is 0. The van der Waals surface area contributed by atoms with E-state index in [1.165, 1.54) is 11.3 Å².